The van der Waals surface area contributed by atoms with Gasteiger partial charge in [-0.2, -0.15) is 0 Å². The number of hydrogen-bond acceptors (Lipinski definition) is 5. The molecule has 0 rings (SSSR count). The summed E-state index contributed by atoms with van der Waals surface area (Å²) in [7, 11) is 0. The molecule has 0 aliphatic carbocycles. The number of ether oxygens (including phenoxy) is 1. The van der Waals surface area contributed by atoms with E-state index in [-0.39, 0.29) is 24.9 Å². The standard InChI is InChI=1S/C52H93NO5/c1-4-7-10-13-16-19-22-23-24-25-26-27-30-33-36-39-42-45-52(57)58-48(43-40-37-34-31-28-20-17-14-11-8-5-2)46-51(56)53-49(47-54)50(55)44-41-38-35-32-29-21-18-15-12-9-6-3/h8,11,14,17,20,28,31,34,37,40,48-50,54-55H,4-7,9-10,12-13,15-16,18-19,21-27,29-30,32-33,35-36,38-39,41-47H2,1-3H3,(H,53,56)/b11-8+,17-14+,28-20-,34-31-,40-37+. The Bertz CT molecular complexity index is 1050. The quantitative estimate of drug-likeness (QED) is 0.0324. The first-order chi connectivity index (χ1) is 28.5. The highest BCUT2D eigenvalue weighted by Crippen LogP contribution is 2.17. The van der Waals surface area contributed by atoms with Crippen LogP contribution in [0.1, 0.15) is 233 Å². The number of esters is 1. The van der Waals surface area contributed by atoms with Crippen LogP contribution in [0, 0.1) is 0 Å². The second-order valence-electron chi connectivity index (χ2n) is 16.6. The lowest BCUT2D eigenvalue weighted by Crippen LogP contribution is -2.46. The van der Waals surface area contributed by atoms with Gasteiger partial charge in [0.2, 0.25) is 5.91 Å². The Balaban J connectivity index is 4.62. The Morgan fingerprint density at radius 2 is 0.897 bits per heavy atom. The molecule has 6 nitrogen and oxygen atoms in total. The van der Waals surface area contributed by atoms with Crippen molar-refractivity contribution in [3.8, 4) is 0 Å². The number of hydrogen-bond donors (Lipinski definition) is 3. The minimum atomic E-state index is -0.816. The summed E-state index contributed by atoms with van der Waals surface area (Å²) in [5.74, 6) is -0.604. The zero-order chi connectivity index (χ0) is 42.4. The van der Waals surface area contributed by atoms with Crippen molar-refractivity contribution in [3.05, 3.63) is 60.8 Å². The van der Waals surface area contributed by atoms with E-state index in [1.165, 1.54) is 141 Å². The number of allylic oxidation sites excluding steroid dienone is 9. The predicted molar refractivity (Wildman–Crippen MR) is 250 cm³/mol. The van der Waals surface area contributed by atoms with Gasteiger partial charge in [0.15, 0.2) is 0 Å². The monoisotopic (exact) mass is 812 g/mol. The molecule has 3 unspecified atom stereocenters. The highest BCUT2D eigenvalue weighted by molar-refractivity contribution is 5.77. The van der Waals surface area contributed by atoms with Crippen LogP contribution < -0.4 is 5.32 Å². The number of carbonyl (C=O) groups excluding carboxylic acids is 2. The lowest BCUT2D eigenvalue weighted by molar-refractivity contribution is -0.150. The van der Waals surface area contributed by atoms with Crippen LogP contribution >= 0.6 is 0 Å². The van der Waals surface area contributed by atoms with Gasteiger partial charge in [-0.15, -0.1) is 0 Å². The highest BCUT2D eigenvalue weighted by atomic mass is 16.5. The van der Waals surface area contributed by atoms with E-state index in [0.717, 1.165) is 44.9 Å². The van der Waals surface area contributed by atoms with Crippen LogP contribution in [0.4, 0.5) is 0 Å². The third-order valence-electron chi connectivity index (χ3n) is 11.0. The molecule has 336 valence electrons. The van der Waals surface area contributed by atoms with E-state index in [4.69, 9.17) is 4.74 Å². The number of aliphatic hydroxyl groups is 2. The Hall–Kier alpha value is -2.44. The van der Waals surface area contributed by atoms with Crippen molar-refractivity contribution in [2.75, 3.05) is 6.61 Å². The number of amides is 1. The molecule has 0 aromatic carbocycles. The summed E-state index contributed by atoms with van der Waals surface area (Å²) in [5.41, 5.74) is 0. The molecule has 58 heavy (non-hydrogen) atoms. The SMILES string of the molecule is CC/C=C/C=C/C=C\C=C/C=C/CC(CC(=O)NC(CO)C(O)CCCCCCCCCCCCC)OC(=O)CCCCCCCCCCCCCCCCCCC. The number of rotatable bonds is 43. The van der Waals surface area contributed by atoms with Gasteiger partial charge in [0.1, 0.15) is 6.10 Å². The molecule has 0 aliphatic heterocycles. The maximum absolute atomic E-state index is 13.1. The predicted octanol–water partition coefficient (Wildman–Crippen LogP) is 14.5. The summed E-state index contributed by atoms with van der Waals surface area (Å²) in [6, 6.07) is -0.737. The van der Waals surface area contributed by atoms with Crippen molar-refractivity contribution in [1.29, 1.82) is 0 Å². The molecule has 0 saturated carbocycles. The maximum atomic E-state index is 13.1. The van der Waals surface area contributed by atoms with Gasteiger partial charge in [0, 0.05) is 12.8 Å². The number of unbranched alkanes of at least 4 members (excludes halogenated alkanes) is 26. The van der Waals surface area contributed by atoms with E-state index < -0.39 is 18.2 Å². The molecule has 0 fully saturated rings. The molecule has 0 bridgehead atoms. The first kappa shape index (κ1) is 55.6. The van der Waals surface area contributed by atoms with Crippen LogP contribution in [-0.2, 0) is 14.3 Å². The maximum Gasteiger partial charge on any atom is 0.306 e. The fourth-order valence-electron chi connectivity index (χ4n) is 7.28. The molecular formula is C52H93NO5. The fraction of sp³-hybridized carbons (Fsp3) is 0.769. The van der Waals surface area contributed by atoms with Gasteiger partial charge < -0.3 is 20.3 Å². The third-order valence-corrected chi connectivity index (χ3v) is 11.0. The van der Waals surface area contributed by atoms with Crippen LogP contribution in [-0.4, -0.2) is 46.9 Å². The topological polar surface area (TPSA) is 95.9 Å². The summed E-state index contributed by atoms with van der Waals surface area (Å²) in [6.45, 7) is 6.29. The van der Waals surface area contributed by atoms with Crippen molar-refractivity contribution in [2.24, 2.45) is 0 Å². The zero-order valence-electron chi connectivity index (χ0n) is 38.2. The van der Waals surface area contributed by atoms with Crippen LogP contribution in [0.25, 0.3) is 0 Å². The van der Waals surface area contributed by atoms with Crippen molar-refractivity contribution in [2.45, 2.75) is 251 Å². The van der Waals surface area contributed by atoms with Crippen molar-refractivity contribution in [3.63, 3.8) is 0 Å². The molecule has 3 N–H and O–H groups in total. The minimum Gasteiger partial charge on any atom is -0.461 e. The molecule has 0 saturated heterocycles. The zero-order valence-corrected chi connectivity index (χ0v) is 38.2. The average molecular weight is 812 g/mol. The fourth-order valence-corrected chi connectivity index (χ4v) is 7.28. The smallest absolute Gasteiger partial charge is 0.306 e. The average Bonchev–Trinajstić information content (AvgIpc) is 3.22. The van der Waals surface area contributed by atoms with E-state index in [9.17, 15) is 19.8 Å². The number of nitrogens with one attached hydrogen (secondary N) is 1. The van der Waals surface area contributed by atoms with Gasteiger partial charge >= 0.3 is 5.97 Å². The first-order valence-corrected chi connectivity index (χ1v) is 24.6. The highest BCUT2D eigenvalue weighted by Gasteiger charge is 2.23. The Kier molecular flexibility index (Phi) is 43.7. The van der Waals surface area contributed by atoms with Crippen molar-refractivity contribution in [1.82, 2.24) is 5.32 Å². The van der Waals surface area contributed by atoms with Gasteiger partial charge in [-0.3, -0.25) is 9.59 Å². The molecule has 0 spiro atoms. The van der Waals surface area contributed by atoms with Crippen LogP contribution in [0.2, 0.25) is 0 Å². The third kappa shape index (κ3) is 40.3. The Morgan fingerprint density at radius 1 is 0.517 bits per heavy atom. The van der Waals surface area contributed by atoms with Crippen LogP contribution in [0.5, 0.6) is 0 Å². The molecular weight excluding hydrogens is 719 g/mol. The Labute approximate surface area is 358 Å². The van der Waals surface area contributed by atoms with E-state index >= 15 is 0 Å². The van der Waals surface area contributed by atoms with Crippen LogP contribution in [0.3, 0.4) is 0 Å². The molecule has 0 aromatic rings. The van der Waals surface area contributed by atoms with Crippen molar-refractivity contribution >= 4 is 11.9 Å². The summed E-state index contributed by atoms with van der Waals surface area (Å²) in [5, 5.41) is 23.6. The molecule has 0 radical (unpaired) electrons. The normalized spacial score (nSPS) is 13.8. The molecule has 1 amide bonds. The lowest BCUT2D eigenvalue weighted by atomic mass is 10.0. The minimum absolute atomic E-state index is 0.0174. The van der Waals surface area contributed by atoms with Gasteiger partial charge in [-0.1, -0.05) is 255 Å². The summed E-state index contributed by atoms with van der Waals surface area (Å²) in [6.07, 6.45) is 56.0. The first-order valence-electron chi connectivity index (χ1n) is 24.6. The molecule has 0 aromatic heterocycles. The molecule has 0 heterocycles. The number of aliphatic hydroxyl groups excluding tert-OH is 2. The van der Waals surface area contributed by atoms with Crippen LogP contribution in [0.15, 0.2) is 60.8 Å². The second kappa shape index (κ2) is 45.6. The summed E-state index contributed by atoms with van der Waals surface area (Å²) >= 11 is 0. The van der Waals surface area contributed by atoms with Gasteiger partial charge in [0.05, 0.1) is 25.2 Å². The Morgan fingerprint density at radius 3 is 1.31 bits per heavy atom. The van der Waals surface area contributed by atoms with E-state index in [0.29, 0.717) is 19.3 Å². The largest absolute Gasteiger partial charge is 0.461 e. The lowest BCUT2D eigenvalue weighted by Gasteiger charge is -2.24. The van der Waals surface area contributed by atoms with Gasteiger partial charge in [-0.05, 0) is 19.3 Å². The van der Waals surface area contributed by atoms with E-state index in [2.05, 4.69) is 32.2 Å². The van der Waals surface area contributed by atoms with Crippen molar-refractivity contribution < 1.29 is 24.5 Å². The molecule has 0 aliphatic rings. The number of carbonyl (C=O) groups is 2. The van der Waals surface area contributed by atoms with E-state index in [1.54, 1.807) is 0 Å². The van der Waals surface area contributed by atoms with Gasteiger partial charge in [-0.25, -0.2) is 0 Å². The summed E-state index contributed by atoms with van der Waals surface area (Å²) < 4.78 is 5.83. The van der Waals surface area contributed by atoms with E-state index in [1.807, 2.05) is 54.7 Å². The summed E-state index contributed by atoms with van der Waals surface area (Å²) in [4.78, 5) is 26.0. The molecule has 3 atom stereocenters. The van der Waals surface area contributed by atoms with Gasteiger partial charge in [0.25, 0.3) is 0 Å². The second-order valence-corrected chi connectivity index (χ2v) is 16.6. The molecule has 6 heteroatoms.